The fourth-order valence-electron chi connectivity index (χ4n) is 2.17. The molecule has 0 saturated carbocycles. The number of aromatic nitrogens is 3. The molecule has 0 fully saturated rings. The lowest BCUT2D eigenvalue weighted by molar-refractivity contribution is 0.604. The largest absolute Gasteiger partial charge is 0.403 e. The van der Waals surface area contributed by atoms with Crippen LogP contribution < -0.4 is 0 Å². The maximum absolute atomic E-state index is 12.9. The number of nitrogens with zero attached hydrogens (tertiary/aromatic N) is 3. The van der Waals surface area contributed by atoms with E-state index in [2.05, 4.69) is 26.0 Å². The molecule has 0 aliphatic heterocycles. The quantitative estimate of drug-likeness (QED) is 0.528. The van der Waals surface area contributed by atoms with Crippen molar-refractivity contribution >= 4 is 21.8 Å². The molecule has 6 heteroatoms. The Hall–Kier alpha value is -2.47. The zero-order valence-corrected chi connectivity index (χ0v) is 12.8. The molecule has 0 aliphatic rings. The van der Waals surface area contributed by atoms with Crippen LogP contribution >= 0.6 is 15.9 Å². The van der Waals surface area contributed by atoms with Gasteiger partial charge in [0, 0.05) is 15.6 Å². The first-order valence-electron chi connectivity index (χ1n) is 6.57. The Kier molecular flexibility index (Phi) is 3.04. The molecule has 108 valence electrons. The molecule has 4 nitrogen and oxygen atoms in total. The van der Waals surface area contributed by atoms with Crippen molar-refractivity contribution in [3.05, 3.63) is 65.0 Å². The summed E-state index contributed by atoms with van der Waals surface area (Å²) in [5, 5.41) is 4.33. The molecular weight excluding hydrogens is 349 g/mol. The summed E-state index contributed by atoms with van der Waals surface area (Å²) >= 11 is 3.40. The number of benzene rings is 2. The highest BCUT2D eigenvalue weighted by atomic mass is 79.9. The minimum atomic E-state index is -0.294. The van der Waals surface area contributed by atoms with Crippen molar-refractivity contribution in [3.8, 4) is 22.7 Å². The molecule has 0 spiro atoms. The summed E-state index contributed by atoms with van der Waals surface area (Å²) in [7, 11) is 0. The molecular formula is C16H9BrFN3O. The van der Waals surface area contributed by atoms with Crippen molar-refractivity contribution in [2.24, 2.45) is 0 Å². The van der Waals surface area contributed by atoms with Crippen LogP contribution in [0.15, 0.2) is 63.6 Å². The van der Waals surface area contributed by atoms with Crippen molar-refractivity contribution < 1.29 is 8.81 Å². The number of imidazole rings is 1. The van der Waals surface area contributed by atoms with Crippen molar-refractivity contribution in [3.63, 3.8) is 0 Å². The molecule has 0 aliphatic carbocycles. The van der Waals surface area contributed by atoms with E-state index in [0.29, 0.717) is 17.3 Å². The molecule has 0 radical (unpaired) electrons. The van der Waals surface area contributed by atoms with E-state index in [-0.39, 0.29) is 5.82 Å². The summed E-state index contributed by atoms with van der Waals surface area (Å²) in [5.74, 6) is 0.514. The fraction of sp³-hybridized carbons (Fsp3) is 0. The van der Waals surface area contributed by atoms with Gasteiger partial charge in [0.05, 0.1) is 11.9 Å². The van der Waals surface area contributed by atoms with Crippen LogP contribution in [-0.2, 0) is 0 Å². The van der Waals surface area contributed by atoms with Gasteiger partial charge in [-0.05, 0) is 36.4 Å². The molecule has 2 aromatic carbocycles. The second-order valence-electron chi connectivity index (χ2n) is 4.77. The van der Waals surface area contributed by atoms with Crippen molar-refractivity contribution in [2.45, 2.75) is 0 Å². The smallest absolute Gasteiger partial charge is 0.325 e. The van der Waals surface area contributed by atoms with Crippen LogP contribution in [0.4, 0.5) is 4.39 Å². The van der Waals surface area contributed by atoms with Crippen molar-refractivity contribution in [1.82, 2.24) is 14.6 Å². The fourth-order valence-corrected chi connectivity index (χ4v) is 2.43. The SMILES string of the molecule is Fc1ccc(-c2nn3cc(-c4ccc(Br)cc4)nc3o2)cc1. The van der Waals surface area contributed by atoms with E-state index in [1.807, 2.05) is 24.3 Å². The van der Waals surface area contributed by atoms with Gasteiger partial charge in [0.15, 0.2) is 0 Å². The Bertz CT molecular complexity index is 835. The molecule has 0 N–H and O–H groups in total. The summed E-state index contributed by atoms with van der Waals surface area (Å²) in [6, 6.07) is 13.8. The molecule has 2 aromatic heterocycles. The van der Waals surface area contributed by atoms with E-state index in [1.54, 1.807) is 22.8 Å². The van der Waals surface area contributed by atoms with Gasteiger partial charge in [-0.1, -0.05) is 28.1 Å². The van der Waals surface area contributed by atoms with Crippen molar-refractivity contribution in [2.75, 3.05) is 0 Å². The lowest BCUT2D eigenvalue weighted by Gasteiger charge is -1.96. The van der Waals surface area contributed by atoms with Gasteiger partial charge in [0.2, 0.25) is 5.89 Å². The van der Waals surface area contributed by atoms with E-state index >= 15 is 0 Å². The van der Waals surface area contributed by atoms with Crippen LogP contribution in [-0.4, -0.2) is 14.6 Å². The van der Waals surface area contributed by atoms with Gasteiger partial charge in [-0.3, -0.25) is 0 Å². The molecule has 0 unspecified atom stereocenters. The molecule has 4 rings (SSSR count). The van der Waals surface area contributed by atoms with Gasteiger partial charge in [-0.15, -0.1) is 5.10 Å². The third-order valence-electron chi connectivity index (χ3n) is 3.27. The van der Waals surface area contributed by atoms with Gasteiger partial charge >= 0.3 is 5.84 Å². The van der Waals surface area contributed by atoms with Crippen LogP contribution in [0.2, 0.25) is 0 Å². The summed E-state index contributed by atoms with van der Waals surface area (Å²) in [4.78, 5) is 4.42. The van der Waals surface area contributed by atoms with E-state index in [4.69, 9.17) is 4.42 Å². The first-order valence-corrected chi connectivity index (χ1v) is 7.36. The number of halogens is 2. The van der Waals surface area contributed by atoms with Crippen LogP contribution in [0.25, 0.3) is 28.6 Å². The predicted molar refractivity (Wildman–Crippen MR) is 83.8 cm³/mol. The van der Waals surface area contributed by atoms with E-state index in [1.165, 1.54) is 12.1 Å². The summed E-state index contributed by atoms with van der Waals surface area (Å²) in [5.41, 5.74) is 2.47. The van der Waals surface area contributed by atoms with E-state index in [9.17, 15) is 4.39 Å². The number of hydrogen-bond donors (Lipinski definition) is 0. The first-order chi connectivity index (χ1) is 10.7. The normalized spacial score (nSPS) is 11.2. The topological polar surface area (TPSA) is 43.3 Å². The monoisotopic (exact) mass is 357 g/mol. The third kappa shape index (κ3) is 2.31. The zero-order chi connectivity index (χ0) is 15.1. The summed E-state index contributed by atoms with van der Waals surface area (Å²) in [6.07, 6.45) is 1.80. The Morgan fingerprint density at radius 3 is 2.32 bits per heavy atom. The van der Waals surface area contributed by atoms with Gasteiger partial charge in [0.1, 0.15) is 5.82 Å². The maximum Gasteiger partial charge on any atom is 0.325 e. The highest BCUT2D eigenvalue weighted by Gasteiger charge is 2.12. The highest BCUT2D eigenvalue weighted by Crippen LogP contribution is 2.24. The maximum atomic E-state index is 12.9. The molecule has 0 saturated heterocycles. The Labute approximate surface area is 133 Å². The van der Waals surface area contributed by atoms with Crippen molar-refractivity contribution in [1.29, 1.82) is 0 Å². The van der Waals surface area contributed by atoms with E-state index in [0.717, 1.165) is 15.7 Å². The highest BCUT2D eigenvalue weighted by molar-refractivity contribution is 9.10. The van der Waals surface area contributed by atoms with Crippen LogP contribution in [0.3, 0.4) is 0 Å². The van der Waals surface area contributed by atoms with Gasteiger partial charge in [0.25, 0.3) is 0 Å². The minimum absolute atomic E-state index is 0.294. The average Bonchev–Trinajstić information content (AvgIpc) is 3.07. The second-order valence-corrected chi connectivity index (χ2v) is 5.69. The second kappa shape index (κ2) is 5.06. The number of fused-ring (bicyclic) bond motifs is 1. The van der Waals surface area contributed by atoms with Crippen LogP contribution in [0.1, 0.15) is 0 Å². The number of hydrogen-bond acceptors (Lipinski definition) is 3. The average molecular weight is 358 g/mol. The number of rotatable bonds is 2. The lowest BCUT2D eigenvalue weighted by Crippen LogP contribution is -1.83. The lowest BCUT2D eigenvalue weighted by atomic mass is 10.2. The standard InChI is InChI=1S/C16H9BrFN3O/c17-12-5-1-10(2-6-12)14-9-21-16(19-14)22-15(20-21)11-3-7-13(18)8-4-11/h1-9H. The van der Waals surface area contributed by atoms with Gasteiger partial charge in [-0.25, -0.2) is 4.39 Å². The van der Waals surface area contributed by atoms with Gasteiger partial charge < -0.3 is 4.42 Å². The molecule has 2 heterocycles. The molecule has 22 heavy (non-hydrogen) atoms. The van der Waals surface area contributed by atoms with Gasteiger partial charge in [-0.2, -0.15) is 9.50 Å². The Morgan fingerprint density at radius 1 is 0.955 bits per heavy atom. The minimum Gasteiger partial charge on any atom is -0.403 e. The van der Waals surface area contributed by atoms with Crippen LogP contribution in [0, 0.1) is 5.82 Å². The third-order valence-corrected chi connectivity index (χ3v) is 3.80. The Morgan fingerprint density at radius 2 is 1.64 bits per heavy atom. The molecule has 0 bridgehead atoms. The van der Waals surface area contributed by atoms with Crippen LogP contribution in [0.5, 0.6) is 0 Å². The Balaban J connectivity index is 1.73. The zero-order valence-electron chi connectivity index (χ0n) is 11.2. The van der Waals surface area contributed by atoms with E-state index < -0.39 is 0 Å². The molecule has 4 aromatic rings. The molecule has 0 amide bonds. The predicted octanol–water partition coefficient (Wildman–Crippen LogP) is 4.56. The summed E-state index contributed by atoms with van der Waals surface area (Å²) < 4.78 is 21.2. The summed E-state index contributed by atoms with van der Waals surface area (Å²) in [6.45, 7) is 0. The first kappa shape index (κ1) is 13.2. The molecule has 0 atom stereocenters.